The minimum absolute atomic E-state index is 0.0154. The van der Waals surface area contributed by atoms with E-state index >= 15 is 4.57 Å². The molecule has 0 aliphatic carbocycles. The number of epoxide rings is 2. The highest BCUT2D eigenvalue weighted by atomic mass is 31.2. The Hall–Kier alpha value is -6.79. The first kappa shape index (κ1) is 46.0. The van der Waals surface area contributed by atoms with Crippen molar-refractivity contribution in [2.45, 2.75) is 37.3 Å². The van der Waals surface area contributed by atoms with Crippen molar-refractivity contribution in [3.05, 3.63) is 186 Å². The molecule has 7 aromatic carbocycles. The Morgan fingerprint density at radius 3 is 1.36 bits per heavy atom. The summed E-state index contributed by atoms with van der Waals surface area (Å²) in [6.45, 7) is 2.35. The second-order valence-electron chi connectivity index (χ2n) is 17.3. The van der Waals surface area contributed by atoms with Crippen LogP contribution >= 0.6 is 7.37 Å². The fraction of sp³-hybridized carbons (Fsp3) is 0.250. The van der Waals surface area contributed by atoms with Gasteiger partial charge in [0.1, 0.15) is 104 Å². The van der Waals surface area contributed by atoms with Crippen molar-refractivity contribution in [1.82, 2.24) is 0 Å². The second kappa shape index (κ2) is 21.2. The van der Waals surface area contributed by atoms with Crippen LogP contribution in [0.3, 0.4) is 0 Å². The molecule has 69 heavy (non-hydrogen) atoms. The molecule has 0 radical (unpaired) electrons. The van der Waals surface area contributed by atoms with Crippen molar-refractivity contribution in [2.75, 3.05) is 52.9 Å². The number of ether oxygens (including phenoxy) is 8. The Labute approximate surface area is 401 Å². The van der Waals surface area contributed by atoms with E-state index in [0.717, 1.165) is 70.9 Å². The maximum atomic E-state index is 15.4. The van der Waals surface area contributed by atoms with E-state index in [2.05, 4.69) is 24.3 Å². The Morgan fingerprint density at radius 2 is 0.870 bits per heavy atom. The molecule has 12 nitrogen and oxygen atoms in total. The number of rotatable bonds is 23. The Morgan fingerprint density at radius 1 is 0.464 bits per heavy atom. The van der Waals surface area contributed by atoms with E-state index in [1.54, 1.807) is 30.3 Å². The molecule has 3 aliphatic rings. The van der Waals surface area contributed by atoms with Gasteiger partial charge in [0.05, 0.1) is 23.8 Å². The monoisotopic (exact) mass is 948 g/mol. The smallest absolute Gasteiger partial charge is 0.311 e. The Kier molecular flexibility index (Phi) is 14.1. The summed E-state index contributed by atoms with van der Waals surface area (Å²) in [7, 11) is -3.87. The van der Waals surface area contributed by atoms with Gasteiger partial charge in [-0.2, -0.15) is 0 Å². The van der Waals surface area contributed by atoms with Gasteiger partial charge in [-0.05, 0) is 120 Å². The van der Waals surface area contributed by atoms with Gasteiger partial charge in [0.15, 0.2) is 0 Å². The molecule has 2 saturated heterocycles. The summed E-state index contributed by atoms with van der Waals surface area (Å²) in [4.78, 5) is 0. The molecule has 5 unspecified atom stereocenters. The van der Waals surface area contributed by atoms with Gasteiger partial charge in [-0.15, -0.1) is 0 Å². The highest BCUT2D eigenvalue weighted by molar-refractivity contribution is 7.75. The minimum Gasteiger partial charge on any atom is -0.491 e. The molecule has 2 fully saturated rings. The van der Waals surface area contributed by atoms with Gasteiger partial charge < -0.3 is 52.6 Å². The zero-order valence-electron chi connectivity index (χ0n) is 37.9. The normalized spacial score (nSPS) is 18.3. The minimum atomic E-state index is -3.87. The van der Waals surface area contributed by atoms with Crippen molar-refractivity contribution in [2.24, 2.45) is 0 Å². The quantitative estimate of drug-likeness (QED) is 0.0470. The van der Waals surface area contributed by atoms with E-state index in [9.17, 15) is 10.2 Å². The molecule has 2 N–H and O–H groups in total. The van der Waals surface area contributed by atoms with Crippen molar-refractivity contribution in [1.29, 1.82) is 0 Å². The van der Waals surface area contributed by atoms with E-state index in [-0.39, 0.29) is 49.7 Å². The average molecular weight is 949 g/mol. The number of hydrogen-bond acceptors (Lipinski definition) is 12. The summed E-state index contributed by atoms with van der Waals surface area (Å²) in [6.07, 6.45) is -0.0883. The average Bonchev–Trinajstić information content (AvgIpc) is 4.34. The molecule has 0 amide bonds. The third-order valence-corrected chi connectivity index (χ3v) is 14.3. The van der Waals surface area contributed by atoms with Crippen LogP contribution in [-0.4, -0.2) is 87.5 Å². The zero-order valence-corrected chi connectivity index (χ0v) is 38.8. The van der Waals surface area contributed by atoms with Crippen LogP contribution in [0.2, 0.25) is 0 Å². The fourth-order valence-corrected chi connectivity index (χ4v) is 10.3. The van der Waals surface area contributed by atoms with Crippen molar-refractivity contribution in [3.8, 4) is 51.4 Å². The molecule has 0 saturated carbocycles. The van der Waals surface area contributed by atoms with Gasteiger partial charge in [-0.1, -0.05) is 84.9 Å². The number of fused-ring (bicyclic) bond motifs is 3. The first-order valence-corrected chi connectivity index (χ1v) is 24.8. The molecule has 3 aliphatic heterocycles. The summed E-state index contributed by atoms with van der Waals surface area (Å²) in [5, 5.41) is 22.8. The molecule has 7 aromatic rings. The van der Waals surface area contributed by atoms with Crippen LogP contribution in [0.15, 0.2) is 164 Å². The molecular weight excluding hydrogens is 896 g/mol. The topological polar surface area (TPSA) is 147 Å². The maximum absolute atomic E-state index is 15.4. The largest absolute Gasteiger partial charge is 0.491 e. The lowest BCUT2D eigenvalue weighted by Gasteiger charge is -2.30. The van der Waals surface area contributed by atoms with Crippen molar-refractivity contribution >= 4 is 18.0 Å². The first-order chi connectivity index (χ1) is 33.8. The van der Waals surface area contributed by atoms with Crippen LogP contribution in [0, 0.1) is 0 Å². The summed E-state index contributed by atoms with van der Waals surface area (Å²) in [5.41, 5.74) is 6.14. The molecule has 0 aromatic heterocycles. The molecule has 3 heterocycles. The molecule has 10 rings (SSSR count). The standard InChI is InChI=1S/C56H53O12P/c57-42(30-60-44-17-9-38(10-18-44)27-40-13-21-46(22-14-40)63-34-49-36-65-49)32-62-48-25-26-54(56(29-48)69(59)55-8-4-2-6-52(55)51-5-1-3-7-53(51)68-69)67-33-43(58)31-61-45-19-11-39(12-20-45)28-41-15-23-47(24-16-41)64-35-50-37-66-50/h1-26,29,42-43,49-50,57-58H,27-28,30-37H2. The number of aliphatic hydroxyl groups is 2. The molecule has 0 spiro atoms. The summed E-state index contributed by atoms with van der Waals surface area (Å²) in [6, 6.07) is 51.4. The zero-order chi connectivity index (χ0) is 47.0. The van der Waals surface area contributed by atoms with Gasteiger partial charge in [-0.3, -0.25) is 4.57 Å². The molecule has 13 heteroatoms. The van der Waals surface area contributed by atoms with E-state index in [0.29, 0.717) is 41.5 Å². The lowest BCUT2D eigenvalue weighted by atomic mass is 10.0. The van der Waals surface area contributed by atoms with Gasteiger partial charge in [0, 0.05) is 5.56 Å². The molecule has 354 valence electrons. The van der Waals surface area contributed by atoms with E-state index in [4.69, 9.17) is 42.4 Å². The van der Waals surface area contributed by atoms with Crippen LogP contribution in [-0.2, 0) is 26.9 Å². The van der Waals surface area contributed by atoms with Crippen LogP contribution in [0.1, 0.15) is 22.3 Å². The third-order valence-electron chi connectivity index (χ3n) is 11.8. The Balaban J connectivity index is 0.755. The van der Waals surface area contributed by atoms with Gasteiger partial charge >= 0.3 is 7.37 Å². The van der Waals surface area contributed by atoms with Crippen LogP contribution in [0.5, 0.6) is 40.2 Å². The molecule has 5 atom stereocenters. The Bertz CT molecular complexity index is 2850. The predicted octanol–water partition coefficient (Wildman–Crippen LogP) is 8.35. The second-order valence-corrected chi connectivity index (χ2v) is 19.5. The van der Waals surface area contributed by atoms with Crippen molar-refractivity contribution in [3.63, 3.8) is 0 Å². The third kappa shape index (κ3) is 12.1. The number of para-hydroxylation sites is 1. The van der Waals surface area contributed by atoms with Crippen LogP contribution in [0.4, 0.5) is 0 Å². The van der Waals surface area contributed by atoms with Gasteiger partial charge in [-0.25, -0.2) is 0 Å². The lowest BCUT2D eigenvalue weighted by molar-refractivity contribution is 0.0616. The van der Waals surface area contributed by atoms with Crippen LogP contribution < -0.4 is 43.6 Å². The highest BCUT2D eigenvalue weighted by Crippen LogP contribution is 2.55. The predicted molar refractivity (Wildman–Crippen MR) is 262 cm³/mol. The lowest BCUT2D eigenvalue weighted by Crippen LogP contribution is -2.30. The van der Waals surface area contributed by atoms with E-state index in [1.165, 1.54) is 0 Å². The van der Waals surface area contributed by atoms with Crippen LogP contribution in [0.25, 0.3) is 11.1 Å². The van der Waals surface area contributed by atoms with Crippen molar-refractivity contribution < 1.29 is 57.2 Å². The summed E-state index contributed by atoms with van der Waals surface area (Å²) < 4.78 is 68.0. The molecule has 0 bridgehead atoms. The first-order valence-electron chi connectivity index (χ1n) is 23.1. The highest BCUT2D eigenvalue weighted by Gasteiger charge is 2.40. The SMILES string of the molecule is O=P1(c2cc(OCC(O)COc3ccc(Cc4ccc(OCC5CO5)cc4)cc3)ccc2OCC(O)COc2ccc(Cc3ccc(OCC4CO4)cc3)cc2)Oc2ccccc2-c2ccccc21. The maximum Gasteiger partial charge on any atom is 0.311 e. The van der Waals surface area contributed by atoms with E-state index in [1.807, 2.05) is 109 Å². The van der Waals surface area contributed by atoms with Gasteiger partial charge in [0.2, 0.25) is 0 Å². The summed E-state index contributed by atoms with van der Waals surface area (Å²) >= 11 is 0. The number of benzene rings is 7. The number of hydrogen-bond donors (Lipinski definition) is 2. The fourth-order valence-electron chi connectivity index (χ4n) is 7.88. The number of aliphatic hydroxyl groups excluding tert-OH is 2. The van der Waals surface area contributed by atoms with Gasteiger partial charge in [0.25, 0.3) is 0 Å². The van der Waals surface area contributed by atoms with E-state index < -0.39 is 19.6 Å². The molecular formula is C56H53O12P. The summed E-state index contributed by atoms with van der Waals surface area (Å²) in [5.74, 6) is 3.92.